The molecular formula is C17H17ClN4O3. The fourth-order valence-electron chi connectivity index (χ4n) is 2.72. The molecule has 0 saturated carbocycles. The van der Waals surface area contributed by atoms with Crippen LogP contribution in [0.2, 0.25) is 5.02 Å². The molecule has 1 heterocycles. The van der Waals surface area contributed by atoms with Gasteiger partial charge in [0.15, 0.2) is 0 Å². The van der Waals surface area contributed by atoms with Crippen molar-refractivity contribution in [1.29, 1.82) is 0 Å². The summed E-state index contributed by atoms with van der Waals surface area (Å²) in [5, 5.41) is 17.7. The molecule has 2 N–H and O–H groups in total. The van der Waals surface area contributed by atoms with Crippen LogP contribution >= 0.6 is 11.6 Å². The van der Waals surface area contributed by atoms with Crippen molar-refractivity contribution in [3.05, 3.63) is 63.2 Å². The minimum Gasteiger partial charge on any atom is -0.349 e. The van der Waals surface area contributed by atoms with E-state index in [9.17, 15) is 14.9 Å². The number of carbonyl (C=O) groups is 1. The number of nitro benzene ring substituents is 1. The molecule has 1 amide bonds. The predicted molar refractivity (Wildman–Crippen MR) is 96.6 cm³/mol. The molecule has 130 valence electrons. The zero-order valence-electron chi connectivity index (χ0n) is 13.4. The lowest BCUT2D eigenvalue weighted by molar-refractivity contribution is -0.383. The van der Waals surface area contributed by atoms with Crippen molar-refractivity contribution >= 4 is 34.6 Å². The normalized spacial score (nSPS) is 14.2. The summed E-state index contributed by atoms with van der Waals surface area (Å²) in [7, 11) is 0. The topological polar surface area (TPSA) is 87.5 Å². The molecule has 2 aromatic rings. The molecule has 25 heavy (non-hydrogen) atoms. The lowest BCUT2D eigenvalue weighted by Crippen LogP contribution is -2.46. The Hall–Kier alpha value is -2.64. The maximum absolute atomic E-state index is 12.8. The third-order valence-corrected chi connectivity index (χ3v) is 4.22. The number of anilines is 2. The summed E-state index contributed by atoms with van der Waals surface area (Å²) in [4.78, 5) is 25.3. The molecule has 7 nitrogen and oxygen atoms in total. The van der Waals surface area contributed by atoms with Gasteiger partial charge in [0.1, 0.15) is 5.69 Å². The molecule has 0 aliphatic carbocycles. The van der Waals surface area contributed by atoms with E-state index in [-0.39, 0.29) is 22.3 Å². The van der Waals surface area contributed by atoms with E-state index in [2.05, 4.69) is 10.6 Å². The Bertz CT molecular complexity index is 806. The first-order valence-electron chi connectivity index (χ1n) is 7.86. The second-order valence-corrected chi connectivity index (χ2v) is 6.07. The first kappa shape index (κ1) is 17.2. The van der Waals surface area contributed by atoms with E-state index in [0.717, 1.165) is 13.1 Å². The smallest absolute Gasteiger partial charge is 0.294 e. The molecular weight excluding hydrogens is 344 g/mol. The first-order valence-corrected chi connectivity index (χ1v) is 8.24. The van der Waals surface area contributed by atoms with E-state index in [1.807, 2.05) is 0 Å². The molecule has 3 rings (SSSR count). The van der Waals surface area contributed by atoms with Gasteiger partial charge in [0.25, 0.3) is 11.6 Å². The highest BCUT2D eigenvalue weighted by atomic mass is 35.5. The number of nitrogens with one attached hydrogen (secondary N) is 2. The molecule has 0 radical (unpaired) electrons. The number of hydrogen-bond acceptors (Lipinski definition) is 5. The van der Waals surface area contributed by atoms with Crippen LogP contribution in [0.5, 0.6) is 0 Å². The van der Waals surface area contributed by atoms with Gasteiger partial charge in [-0.1, -0.05) is 23.7 Å². The van der Waals surface area contributed by atoms with E-state index in [1.54, 1.807) is 35.2 Å². The van der Waals surface area contributed by atoms with Gasteiger partial charge in [-0.25, -0.2) is 0 Å². The summed E-state index contributed by atoms with van der Waals surface area (Å²) < 4.78 is 0. The van der Waals surface area contributed by atoms with E-state index in [0.29, 0.717) is 24.3 Å². The van der Waals surface area contributed by atoms with Crippen molar-refractivity contribution in [2.45, 2.75) is 0 Å². The standard InChI is InChI=1S/C17H17ClN4O3/c18-12-5-6-15(16(11-12)22(24)25)20-14-4-2-1-3-13(14)17(23)21-9-7-19-8-10-21/h1-6,11,19-20H,7-10H2. The second kappa shape index (κ2) is 7.50. The van der Waals surface area contributed by atoms with E-state index in [1.165, 1.54) is 12.1 Å². The van der Waals surface area contributed by atoms with Crippen LogP contribution < -0.4 is 10.6 Å². The SMILES string of the molecule is O=C(c1ccccc1Nc1ccc(Cl)cc1[N+](=O)[O-])N1CCNCC1. The maximum atomic E-state index is 12.8. The van der Waals surface area contributed by atoms with Crippen molar-refractivity contribution in [1.82, 2.24) is 10.2 Å². The Balaban J connectivity index is 1.92. The number of para-hydroxylation sites is 1. The molecule has 0 unspecified atom stereocenters. The number of hydrogen-bond donors (Lipinski definition) is 2. The lowest BCUT2D eigenvalue weighted by atomic mass is 10.1. The Kier molecular flexibility index (Phi) is 5.16. The van der Waals surface area contributed by atoms with E-state index < -0.39 is 4.92 Å². The highest BCUT2D eigenvalue weighted by Gasteiger charge is 2.22. The van der Waals surface area contributed by atoms with Gasteiger partial charge in [0, 0.05) is 37.3 Å². The Morgan fingerprint density at radius 3 is 2.60 bits per heavy atom. The maximum Gasteiger partial charge on any atom is 0.294 e. The highest BCUT2D eigenvalue weighted by molar-refractivity contribution is 6.31. The summed E-state index contributed by atoms with van der Waals surface area (Å²) in [5.41, 5.74) is 1.15. The number of piperazine rings is 1. The molecule has 0 atom stereocenters. The average Bonchev–Trinajstić information content (AvgIpc) is 2.63. The second-order valence-electron chi connectivity index (χ2n) is 5.63. The van der Waals surface area contributed by atoms with Crippen molar-refractivity contribution < 1.29 is 9.72 Å². The Morgan fingerprint density at radius 2 is 1.88 bits per heavy atom. The largest absolute Gasteiger partial charge is 0.349 e. The number of nitrogens with zero attached hydrogens (tertiary/aromatic N) is 2. The van der Waals surface area contributed by atoms with Crippen LogP contribution in [0, 0.1) is 10.1 Å². The number of carbonyl (C=O) groups excluding carboxylic acids is 1. The fourth-order valence-corrected chi connectivity index (χ4v) is 2.89. The van der Waals surface area contributed by atoms with Crippen LogP contribution in [0.4, 0.5) is 17.1 Å². The van der Waals surface area contributed by atoms with Gasteiger partial charge in [-0.3, -0.25) is 14.9 Å². The molecule has 0 spiro atoms. The van der Waals surface area contributed by atoms with Crippen molar-refractivity contribution in [3.63, 3.8) is 0 Å². The summed E-state index contributed by atoms with van der Waals surface area (Å²) in [6, 6.07) is 11.4. The van der Waals surface area contributed by atoms with E-state index >= 15 is 0 Å². The number of rotatable bonds is 4. The zero-order valence-corrected chi connectivity index (χ0v) is 14.1. The van der Waals surface area contributed by atoms with E-state index in [4.69, 9.17) is 11.6 Å². The van der Waals surface area contributed by atoms with Crippen LogP contribution in [0.3, 0.4) is 0 Å². The predicted octanol–water partition coefficient (Wildman–Crippen LogP) is 3.04. The summed E-state index contributed by atoms with van der Waals surface area (Å²) in [5.74, 6) is -0.0961. The quantitative estimate of drug-likeness (QED) is 0.646. The van der Waals surface area contributed by atoms with Gasteiger partial charge in [0.2, 0.25) is 0 Å². The molecule has 0 bridgehead atoms. The summed E-state index contributed by atoms with van der Waals surface area (Å²) in [6.45, 7) is 2.77. The summed E-state index contributed by atoms with van der Waals surface area (Å²) >= 11 is 5.85. The summed E-state index contributed by atoms with van der Waals surface area (Å²) in [6.07, 6.45) is 0. The average molecular weight is 361 g/mol. The van der Waals surface area contributed by atoms with Crippen LogP contribution in [0.1, 0.15) is 10.4 Å². The number of benzene rings is 2. The molecule has 1 aliphatic rings. The number of nitro groups is 1. The van der Waals surface area contributed by atoms with Gasteiger partial charge >= 0.3 is 0 Å². The zero-order chi connectivity index (χ0) is 17.8. The van der Waals surface area contributed by atoms with Gasteiger partial charge in [-0.15, -0.1) is 0 Å². The van der Waals surface area contributed by atoms with Crippen molar-refractivity contribution in [2.24, 2.45) is 0 Å². The lowest BCUT2D eigenvalue weighted by Gasteiger charge is -2.28. The molecule has 8 heteroatoms. The fraction of sp³-hybridized carbons (Fsp3) is 0.235. The minimum absolute atomic E-state index is 0.0961. The van der Waals surface area contributed by atoms with Gasteiger partial charge in [-0.2, -0.15) is 0 Å². The molecule has 0 aromatic heterocycles. The Labute approximate surface area is 149 Å². The van der Waals surface area contributed by atoms with Crippen LogP contribution in [-0.4, -0.2) is 41.9 Å². The van der Waals surface area contributed by atoms with Gasteiger partial charge < -0.3 is 15.5 Å². The Morgan fingerprint density at radius 1 is 1.16 bits per heavy atom. The molecule has 1 fully saturated rings. The van der Waals surface area contributed by atoms with Gasteiger partial charge in [0.05, 0.1) is 16.2 Å². The van der Waals surface area contributed by atoms with Crippen LogP contribution in [0.25, 0.3) is 0 Å². The van der Waals surface area contributed by atoms with Gasteiger partial charge in [-0.05, 0) is 24.3 Å². The third kappa shape index (κ3) is 3.89. The van der Waals surface area contributed by atoms with Crippen molar-refractivity contribution in [3.8, 4) is 0 Å². The molecule has 1 aliphatic heterocycles. The number of halogens is 1. The monoisotopic (exact) mass is 360 g/mol. The third-order valence-electron chi connectivity index (χ3n) is 3.99. The molecule has 2 aromatic carbocycles. The number of amides is 1. The van der Waals surface area contributed by atoms with Crippen LogP contribution in [0.15, 0.2) is 42.5 Å². The van der Waals surface area contributed by atoms with Crippen molar-refractivity contribution in [2.75, 3.05) is 31.5 Å². The minimum atomic E-state index is -0.505. The highest BCUT2D eigenvalue weighted by Crippen LogP contribution is 2.31. The molecule has 1 saturated heterocycles. The first-order chi connectivity index (χ1) is 12.1. The van der Waals surface area contributed by atoms with Crippen LogP contribution in [-0.2, 0) is 0 Å².